The zero-order valence-corrected chi connectivity index (χ0v) is 23.7. The van der Waals surface area contributed by atoms with Gasteiger partial charge in [0.15, 0.2) is 0 Å². The van der Waals surface area contributed by atoms with Gasteiger partial charge >= 0.3 is 5.97 Å². The summed E-state index contributed by atoms with van der Waals surface area (Å²) in [5.41, 5.74) is -1.85. The van der Waals surface area contributed by atoms with Crippen LogP contribution in [0.5, 0.6) is 5.75 Å². The highest BCUT2D eigenvalue weighted by Gasteiger charge is 2.75. The number of benzene rings is 1. The minimum absolute atomic E-state index is 0.156. The largest absolute Gasteiger partial charge is 0.497 e. The molecule has 0 aliphatic carbocycles. The van der Waals surface area contributed by atoms with Crippen LogP contribution in [-0.4, -0.2) is 77.9 Å². The van der Waals surface area contributed by atoms with Gasteiger partial charge in [0.1, 0.15) is 28.9 Å². The lowest BCUT2D eigenvalue weighted by molar-refractivity contribution is -0.161. The summed E-state index contributed by atoms with van der Waals surface area (Å²) in [5, 5.41) is 10.5. The van der Waals surface area contributed by atoms with Gasteiger partial charge in [-0.05, 0) is 55.9 Å². The van der Waals surface area contributed by atoms with Crippen LogP contribution in [0.3, 0.4) is 0 Å². The number of cyclic esters (lactones) is 1. The zero-order valence-electron chi connectivity index (χ0n) is 23.7. The van der Waals surface area contributed by atoms with Gasteiger partial charge in [-0.15, -0.1) is 0 Å². The third-order valence-electron chi connectivity index (χ3n) is 8.80. The molecular formula is C31H40N2O7. The number of carbonyl (C=O) groups excluding carboxylic acids is 3. The average molecular weight is 553 g/mol. The molecule has 1 unspecified atom stereocenters. The number of aliphatic hydroxyl groups excluding tert-OH is 1. The second-order valence-electron chi connectivity index (χ2n) is 11.6. The Morgan fingerprint density at radius 3 is 2.48 bits per heavy atom. The van der Waals surface area contributed by atoms with Crippen molar-refractivity contribution in [2.24, 2.45) is 17.8 Å². The fraction of sp³-hybridized carbons (Fsp3) is 0.581. The molecule has 2 amide bonds. The Morgan fingerprint density at radius 1 is 1.07 bits per heavy atom. The Bertz CT molecular complexity index is 1190. The Morgan fingerprint density at radius 2 is 1.82 bits per heavy atom. The molecule has 1 aromatic carbocycles. The van der Waals surface area contributed by atoms with Crippen molar-refractivity contribution >= 4 is 23.5 Å². The molecule has 0 saturated carbocycles. The lowest BCUT2D eigenvalue weighted by Crippen LogP contribution is -2.59. The third-order valence-corrected chi connectivity index (χ3v) is 8.80. The van der Waals surface area contributed by atoms with Gasteiger partial charge in [0.25, 0.3) is 5.91 Å². The summed E-state index contributed by atoms with van der Waals surface area (Å²) in [4.78, 5) is 46.0. The van der Waals surface area contributed by atoms with Crippen LogP contribution in [0.15, 0.2) is 48.6 Å². The molecule has 2 fully saturated rings. The number of amides is 2. The number of esters is 1. The highest BCUT2D eigenvalue weighted by molar-refractivity contribution is 6.05. The van der Waals surface area contributed by atoms with Crippen molar-refractivity contribution in [2.75, 3.05) is 31.8 Å². The van der Waals surface area contributed by atoms with Crippen molar-refractivity contribution in [1.29, 1.82) is 0 Å². The number of anilines is 1. The summed E-state index contributed by atoms with van der Waals surface area (Å²) >= 11 is 0. The fourth-order valence-electron chi connectivity index (χ4n) is 7.02. The van der Waals surface area contributed by atoms with Crippen molar-refractivity contribution in [3.63, 3.8) is 0 Å². The normalized spacial score (nSPS) is 33.4. The van der Waals surface area contributed by atoms with Gasteiger partial charge in [0.2, 0.25) is 5.91 Å². The molecule has 216 valence electrons. The summed E-state index contributed by atoms with van der Waals surface area (Å²) in [6.45, 7) is 6.16. The SMILES string of the molecule is CC[C@@]12/C=C\CCCOC(=O)[C@@H]1[C@H]1C(=O)N([C@@H](CO)CC(C)C)C3C(=O)N(c4ccc(OC)cc4)CC=C[C@@]31O2. The highest BCUT2D eigenvalue weighted by Crippen LogP contribution is 2.58. The molecule has 0 aromatic heterocycles. The van der Waals surface area contributed by atoms with E-state index in [1.54, 1.807) is 36.3 Å². The van der Waals surface area contributed by atoms with Crippen LogP contribution in [0.1, 0.15) is 46.5 Å². The third kappa shape index (κ3) is 4.43. The molecule has 6 atom stereocenters. The smallest absolute Gasteiger partial charge is 0.313 e. The number of rotatable bonds is 7. The lowest BCUT2D eigenvalue weighted by Gasteiger charge is -2.41. The Labute approximate surface area is 235 Å². The molecule has 1 spiro atoms. The summed E-state index contributed by atoms with van der Waals surface area (Å²) < 4.78 is 17.9. The maximum absolute atomic E-state index is 14.6. The van der Waals surface area contributed by atoms with E-state index in [1.807, 2.05) is 45.1 Å². The zero-order chi connectivity index (χ0) is 28.7. The fourth-order valence-corrected chi connectivity index (χ4v) is 7.02. The molecule has 9 nitrogen and oxygen atoms in total. The molecule has 0 bridgehead atoms. The van der Waals surface area contributed by atoms with E-state index in [4.69, 9.17) is 14.2 Å². The molecule has 40 heavy (non-hydrogen) atoms. The van der Waals surface area contributed by atoms with Gasteiger partial charge in [0, 0.05) is 12.2 Å². The van der Waals surface area contributed by atoms with Crippen LogP contribution in [-0.2, 0) is 23.9 Å². The second-order valence-corrected chi connectivity index (χ2v) is 11.6. The number of nitrogens with zero attached hydrogens (tertiary/aromatic N) is 2. The molecule has 4 heterocycles. The van der Waals surface area contributed by atoms with E-state index in [9.17, 15) is 19.5 Å². The van der Waals surface area contributed by atoms with Crippen LogP contribution in [0.2, 0.25) is 0 Å². The first-order chi connectivity index (χ1) is 19.2. The molecular weight excluding hydrogens is 512 g/mol. The van der Waals surface area contributed by atoms with Crippen molar-refractivity contribution in [1.82, 2.24) is 4.90 Å². The highest BCUT2D eigenvalue weighted by atomic mass is 16.6. The average Bonchev–Trinajstić information content (AvgIpc) is 3.33. The second kappa shape index (κ2) is 11.0. The minimum Gasteiger partial charge on any atom is -0.497 e. The van der Waals surface area contributed by atoms with Gasteiger partial charge in [-0.3, -0.25) is 14.4 Å². The van der Waals surface area contributed by atoms with Gasteiger partial charge in [-0.2, -0.15) is 0 Å². The quantitative estimate of drug-likeness (QED) is 0.409. The minimum atomic E-state index is -1.40. The van der Waals surface area contributed by atoms with Crippen LogP contribution in [0.4, 0.5) is 5.69 Å². The summed E-state index contributed by atoms with van der Waals surface area (Å²) in [7, 11) is 1.58. The molecule has 1 N–H and O–H groups in total. The first-order valence-corrected chi connectivity index (χ1v) is 14.3. The van der Waals surface area contributed by atoms with Gasteiger partial charge in [-0.25, -0.2) is 0 Å². The van der Waals surface area contributed by atoms with Gasteiger partial charge in [-0.1, -0.05) is 45.1 Å². The van der Waals surface area contributed by atoms with Crippen molar-refractivity contribution in [3.05, 3.63) is 48.6 Å². The van der Waals surface area contributed by atoms with Gasteiger partial charge < -0.3 is 29.1 Å². The number of hydrogen-bond acceptors (Lipinski definition) is 7. The summed E-state index contributed by atoms with van der Waals surface area (Å²) in [6, 6.07) is 5.50. The Hall–Kier alpha value is -3.17. The Balaban J connectivity index is 1.68. The number of carbonyl (C=O) groups is 3. The monoisotopic (exact) mass is 552 g/mol. The number of hydrogen-bond donors (Lipinski definition) is 1. The maximum Gasteiger partial charge on any atom is 0.313 e. The first kappa shape index (κ1) is 28.4. The van der Waals surface area contributed by atoms with Crippen LogP contribution in [0, 0.1) is 17.8 Å². The van der Waals surface area contributed by atoms with Crippen LogP contribution in [0.25, 0.3) is 0 Å². The summed E-state index contributed by atoms with van der Waals surface area (Å²) in [5.74, 6) is -2.23. The molecule has 1 aromatic rings. The molecule has 0 radical (unpaired) electrons. The predicted molar refractivity (Wildman–Crippen MR) is 149 cm³/mol. The van der Waals surface area contributed by atoms with E-state index < -0.39 is 41.1 Å². The van der Waals surface area contributed by atoms with Crippen LogP contribution < -0.4 is 9.64 Å². The number of methoxy groups -OCH3 is 1. The molecule has 4 aliphatic heterocycles. The van der Waals surface area contributed by atoms with E-state index in [1.165, 1.54) is 4.90 Å². The lowest BCUT2D eigenvalue weighted by atomic mass is 9.73. The number of ether oxygens (including phenoxy) is 3. The number of likely N-dealkylation sites (tertiary alicyclic amines) is 1. The Kier molecular flexibility index (Phi) is 7.81. The predicted octanol–water partition coefficient (Wildman–Crippen LogP) is 3.26. The number of allylic oxidation sites excluding steroid dienone is 1. The molecule has 2 saturated heterocycles. The van der Waals surface area contributed by atoms with E-state index >= 15 is 0 Å². The van der Waals surface area contributed by atoms with Gasteiger partial charge in [0.05, 0.1) is 32.3 Å². The van der Waals surface area contributed by atoms with E-state index in [-0.39, 0.29) is 37.5 Å². The maximum atomic E-state index is 14.6. The van der Waals surface area contributed by atoms with E-state index in [0.29, 0.717) is 37.1 Å². The number of fused-ring (bicyclic) bond motifs is 2. The molecule has 9 heteroatoms. The summed E-state index contributed by atoms with van der Waals surface area (Å²) in [6.07, 6.45) is 9.91. The van der Waals surface area contributed by atoms with Crippen molar-refractivity contribution < 1.29 is 33.7 Å². The van der Waals surface area contributed by atoms with Crippen molar-refractivity contribution in [3.8, 4) is 5.75 Å². The van der Waals surface area contributed by atoms with E-state index in [2.05, 4.69) is 0 Å². The number of aliphatic hydroxyl groups is 1. The topological polar surface area (TPSA) is 106 Å². The van der Waals surface area contributed by atoms with E-state index in [0.717, 1.165) is 0 Å². The standard InChI is InChI=1S/C31H40N2O7/c1-5-30-14-7-6-8-17-39-29(37)25(30)24-27(35)33(22(19-34)18-20(2)3)26-28(36)32(16-9-15-31(24,26)40-30)21-10-12-23(38-4)13-11-21/h7,9-15,20,22,24-26,34H,5-6,8,16-19H2,1-4H3/b14-7-/t22-,24+,25+,26?,30-,31+/m1/s1. The van der Waals surface area contributed by atoms with Crippen molar-refractivity contribution in [2.45, 2.75) is 69.7 Å². The first-order valence-electron chi connectivity index (χ1n) is 14.3. The molecule has 5 rings (SSSR count). The molecule has 4 aliphatic rings. The van der Waals surface area contributed by atoms with Crippen LogP contribution >= 0.6 is 0 Å².